The third kappa shape index (κ3) is 6.13. The van der Waals surface area contributed by atoms with Crippen LogP contribution in [0.15, 0.2) is 59.7 Å². The van der Waals surface area contributed by atoms with E-state index in [1.165, 1.54) is 30.5 Å². The third-order valence-electron chi connectivity index (χ3n) is 2.62. The van der Waals surface area contributed by atoms with Gasteiger partial charge < -0.3 is 9.47 Å². The molecule has 7 heteroatoms. The van der Waals surface area contributed by atoms with Gasteiger partial charge in [0.25, 0.3) is 5.91 Å². The number of ether oxygens (including phenoxy) is 2. The van der Waals surface area contributed by atoms with E-state index >= 15 is 0 Å². The minimum atomic E-state index is -2.86. The molecule has 0 spiro atoms. The number of hydrogen-bond donors (Lipinski definition) is 1. The molecular formula is C16H14F2N2O3. The van der Waals surface area contributed by atoms with Crippen LogP contribution in [-0.4, -0.2) is 25.3 Å². The number of benzene rings is 2. The normalized spacial score (nSPS) is 10.7. The van der Waals surface area contributed by atoms with Crippen molar-refractivity contribution in [3.63, 3.8) is 0 Å². The molecule has 5 nitrogen and oxygen atoms in total. The maximum Gasteiger partial charge on any atom is 0.387 e. The highest BCUT2D eigenvalue weighted by Gasteiger charge is 2.03. The molecule has 0 radical (unpaired) electrons. The number of carbonyl (C=O) groups excluding carboxylic acids is 1. The van der Waals surface area contributed by atoms with Gasteiger partial charge in [-0.3, -0.25) is 4.79 Å². The van der Waals surface area contributed by atoms with Crippen LogP contribution in [0.3, 0.4) is 0 Å². The molecule has 0 bridgehead atoms. The van der Waals surface area contributed by atoms with Crippen LogP contribution < -0.4 is 14.9 Å². The van der Waals surface area contributed by atoms with Crippen LogP contribution in [0, 0.1) is 0 Å². The first-order valence-corrected chi connectivity index (χ1v) is 6.68. The third-order valence-corrected chi connectivity index (χ3v) is 2.62. The Labute approximate surface area is 131 Å². The molecule has 23 heavy (non-hydrogen) atoms. The number of alkyl halides is 2. The van der Waals surface area contributed by atoms with Crippen LogP contribution >= 0.6 is 0 Å². The summed E-state index contributed by atoms with van der Waals surface area (Å²) in [6.45, 7) is -3.03. The lowest BCUT2D eigenvalue weighted by Gasteiger charge is -2.04. The Morgan fingerprint density at radius 1 is 1.09 bits per heavy atom. The predicted molar refractivity (Wildman–Crippen MR) is 80.7 cm³/mol. The fourth-order valence-electron chi connectivity index (χ4n) is 1.61. The first-order chi connectivity index (χ1) is 11.1. The zero-order valence-electron chi connectivity index (χ0n) is 12.0. The molecule has 0 saturated carbocycles. The number of carbonyl (C=O) groups is 1. The number of rotatable bonds is 7. The van der Waals surface area contributed by atoms with Crippen LogP contribution in [0.5, 0.6) is 11.5 Å². The molecule has 1 N–H and O–H groups in total. The second-order valence-electron chi connectivity index (χ2n) is 4.34. The van der Waals surface area contributed by atoms with E-state index in [2.05, 4.69) is 15.3 Å². The maximum atomic E-state index is 12.0. The number of hydrazone groups is 1. The number of para-hydroxylation sites is 1. The quantitative estimate of drug-likeness (QED) is 0.630. The Hall–Kier alpha value is -2.96. The molecule has 0 heterocycles. The van der Waals surface area contributed by atoms with E-state index < -0.39 is 12.5 Å². The van der Waals surface area contributed by atoms with Crippen LogP contribution in [0.2, 0.25) is 0 Å². The van der Waals surface area contributed by atoms with Gasteiger partial charge in [-0.1, -0.05) is 18.2 Å². The fraction of sp³-hybridized carbons (Fsp3) is 0.125. The number of nitrogens with one attached hydrogen (secondary N) is 1. The summed E-state index contributed by atoms with van der Waals surface area (Å²) in [5.41, 5.74) is 2.92. The van der Waals surface area contributed by atoms with E-state index in [4.69, 9.17) is 4.74 Å². The Morgan fingerprint density at radius 2 is 1.78 bits per heavy atom. The average Bonchev–Trinajstić information content (AvgIpc) is 2.55. The highest BCUT2D eigenvalue weighted by molar-refractivity contribution is 5.83. The van der Waals surface area contributed by atoms with Crippen LogP contribution in [0.4, 0.5) is 8.78 Å². The Bertz CT molecular complexity index is 646. The van der Waals surface area contributed by atoms with E-state index in [1.54, 1.807) is 24.3 Å². The lowest BCUT2D eigenvalue weighted by molar-refractivity contribution is -0.123. The van der Waals surface area contributed by atoms with Gasteiger partial charge in [-0.05, 0) is 42.0 Å². The standard InChI is InChI=1S/C16H14F2N2O3/c17-16(18)23-14-8-6-12(7-9-14)10-19-20-15(21)11-22-13-4-2-1-3-5-13/h1-10,16H,11H2,(H,20,21). The molecule has 2 aromatic rings. The van der Waals surface area contributed by atoms with Gasteiger partial charge in [0.15, 0.2) is 6.61 Å². The van der Waals surface area contributed by atoms with E-state index in [9.17, 15) is 13.6 Å². The molecule has 0 atom stereocenters. The molecule has 2 aromatic carbocycles. The number of amides is 1. The molecular weight excluding hydrogens is 306 g/mol. The second kappa shape index (κ2) is 8.47. The van der Waals surface area contributed by atoms with E-state index in [1.807, 2.05) is 6.07 Å². The molecule has 0 aliphatic rings. The molecule has 0 aromatic heterocycles. The molecule has 120 valence electrons. The number of halogens is 2. The van der Waals surface area contributed by atoms with Gasteiger partial charge in [0.1, 0.15) is 11.5 Å². The Morgan fingerprint density at radius 3 is 2.43 bits per heavy atom. The molecule has 0 saturated heterocycles. The van der Waals surface area contributed by atoms with Gasteiger partial charge in [-0.2, -0.15) is 13.9 Å². The lowest BCUT2D eigenvalue weighted by Crippen LogP contribution is -2.24. The first kappa shape index (κ1) is 16.4. The summed E-state index contributed by atoms with van der Waals surface area (Å²) in [4.78, 5) is 11.5. The van der Waals surface area contributed by atoms with E-state index in [0.29, 0.717) is 11.3 Å². The van der Waals surface area contributed by atoms with Crippen LogP contribution in [0.1, 0.15) is 5.56 Å². The molecule has 0 aliphatic carbocycles. The topological polar surface area (TPSA) is 59.9 Å². The van der Waals surface area contributed by atoms with Crippen molar-refractivity contribution in [1.29, 1.82) is 0 Å². The zero-order valence-corrected chi connectivity index (χ0v) is 12.0. The minimum Gasteiger partial charge on any atom is -0.484 e. The highest BCUT2D eigenvalue weighted by atomic mass is 19.3. The van der Waals surface area contributed by atoms with Crippen molar-refractivity contribution < 1.29 is 23.0 Å². The van der Waals surface area contributed by atoms with Crippen LogP contribution in [-0.2, 0) is 4.79 Å². The van der Waals surface area contributed by atoms with Gasteiger partial charge in [-0.25, -0.2) is 5.43 Å². The van der Waals surface area contributed by atoms with Crippen molar-refractivity contribution in [2.24, 2.45) is 5.10 Å². The molecule has 2 rings (SSSR count). The SMILES string of the molecule is O=C(COc1ccccc1)NN=Cc1ccc(OC(F)F)cc1. The Balaban J connectivity index is 1.76. The molecule has 0 unspecified atom stereocenters. The monoisotopic (exact) mass is 320 g/mol. The fourth-order valence-corrected chi connectivity index (χ4v) is 1.61. The molecule has 0 aliphatic heterocycles. The van der Waals surface area contributed by atoms with E-state index in [0.717, 1.165) is 0 Å². The van der Waals surface area contributed by atoms with Gasteiger partial charge in [0, 0.05) is 0 Å². The van der Waals surface area contributed by atoms with Crippen molar-refractivity contribution in [2.45, 2.75) is 6.61 Å². The first-order valence-electron chi connectivity index (χ1n) is 6.68. The maximum absolute atomic E-state index is 12.0. The summed E-state index contributed by atoms with van der Waals surface area (Å²) >= 11 is 0. The summed E-state index contributed by atoms with van der Waals surface area (Å²) in [7, 11) is 0. The summed E-state index contributed by atoms with van der Waals surface area (Å²) in [6.07, 6.45) is 1.38. The second-order valence-corrected chi connectivity index (χ2v) is 4.34. The average molecular weight is 320 g/mol. The molecule has 0 fully saturated rings. The largest absolute Gasteiger partial charge is 0.484 e. The van der Waals surface area contributed by atoms with Crippen molar-refractivity contribution in [2.75, 3.05) is 6.61 Å². The van der Waals surface area contributed by atoms with Crippen LogP contribution in [0.25, 0.3) is 0 Å². The minimum absolute atomic E-state index is 0.0532. The molecule has 1 amide bonds. The van der Waals surface area contributed by atoms with Crippen molar-refractivity contribution in [1.82, 2.24) is 5.43 Å². The number of nitrogens with zero attached hydrogens (tertiary/aromatic N) is 1. The summed E-state index contributed by atoms with van der Waals surface area (Å²) in [5, 5.41) is 3.75. The summed E-state index contributed by atoms with van der Waals surface area (Å²) in [6, 6.07) is 14.7. The summed E-state index contributed by atoms with van der Waals surface area (Å²) < 4.78 is 33.5. The van der Waals surface area contributed by atoms with Gasteiger partial charge in [0.2, 0.25) is 0 Å². The summed E-state index contributed by atoms with van der Waals surface area (Å²) in [5.74, 6) is 0.224. The smallest absolute Gasteiger partial charge is 0.387 e. The predicted octanol–water partition coefficient (Wildman–Crippen LogP) is 2.82. The van der Waals surface area contributed by atoms with Gasteiger partial charge in [-0.15, -0.1) is 0 Å². The lowest BCUT2D eigenvalue weighted by atomic mass is 10.2. The van der Waals surface area contributed by atoms with Gasteiger partial charge >= 0.3 is 6.61 Å². The van der Waals surface area contributed by atoms with Crippen molar-refractivity contribution in [3.05, 3.63) is 60.2 Å². The highest BCUT2D eigenvalue weighted by Crippen LogP contribution is 2.13. The number of hydrogen-bond acceptors (Lipinski definition) is 4. The zero-order chi connectivity index (χ0) is 16.5. The van der Waals surface area contributed by atoms with Crippen molar-refractivity contribution in [3.8, 4) is 11.5 Å². The van der Waals surface area contributed by atoms with Crippen molar-refractivity contribution >= 4 is 12.1 Å². The van der Waals surface area contributed by atoms with Gasteiger partial charge in [0.05, 0.1) is 6.21 Å². The van der Waals surface area contributed by atoms with E-state index in [-0.39, 0.29) is 12.4 Å². The Kier molecular flexibility index (Phi) is 6.05.